The normalized spacial score (nSPS) is 15.6. The number of methoxy groups -OCH3 is 2. The minimum Gasteiger partial charge on any atom is -0.497 e. The third-order valence-electron chi connectivity index (χ3n) is 3.73. The number of carbonyl (C=O) groups excluding carboxylic acids is 2. The maximum Gasteiger partial charge on any atom is 0.308 e. The van der Waals surface area contributed by atoms with E-state index in [0.29, 0.717) is 42.9 Å². The molecule has 2 N–H and O–H groups in total. The van der Waals surface area contributed by atoms with Crippen LogP contribution in [0.5, 0.6) is 5.75 Å². The lowest BCUT2D eigenvalue weighted by Gasteiger charge is -2.30. The standard InChI is InChI=1S/C15H20N2O4/c1-20-13-8-11(7-12(16)9-13)14(18)17-5-3-10(4-6-17)15(19)21-2/h7-10H,3-6,16H2,1-2H3. The zero-order valence-electron chi connectivity index (χ0n) is 12.3. The Balaban J connectivity index is 2.05. The van der Waals surface area contributed by atoms with Gasteiger partial charge in [0, 0.05) is 30.4 Å². The summed E-state index contributed by atoms with van der Waals surface area (Å²) < 4.78 is 9.86. The molecule has 1 saturated heterocycles. The summed E-state index contributed by atoms with van der Waals surface area (Å²) in [7, 11) is 2.92. The highest BCUT2D eigenvalue weighted by molar-refractivity contribution is 5.95. The topological polar surface area (TPSA) is 81.9 Å². The molecule has 6 nitrogen and oxygen atoms in total. The molecule has 1 aromatic carbocycles. The largest absolute Gasteiger partial charge is 0.497 e. The molecule has 1 aliphatic heterocycles. The van der Waals surface area contributed by atoms with Gasteiger partial charge in [-0.05, 0) is 25.0 Å². The van der Waals surface area contributed by atoms with E-state index < -0.39 is 0 Å². The van der Waals surface area contributed by atoms with E-state index in [-0.39, 0.29) is 17.8 Å². The number of rotatable bonds is 3. The molecule has 0 radical (unpaired) electrons. The first-order valence-electron chi connectivity index (χ1n) is 6.86. The molecule has 114 valence electrons. The van der Waals surface area contributed by atoms with Crippen molar-refractivity contribution in [3.63, 3.8) is 0 Å². The lowest BCUT2D eigenvalue weighted by Crippen LogP contribution is -2.40. The Morgan fingerprint density at radius 2 is 1.86 bits per heavy atom. The monoisotopic (exact) mass is 292 g/mol. The Morgan fingerprint density at radius 1 is 1.19 bits per heavy atom. The van der Waals surface area contributed by atoms with Gasteiger partial charge in [0.1, 0.15) is 5.75 Å². The lowest BCUT2D eigenvalue weighted by atomic mass is 9.96. The molecule has 0 aromatic heterocycles. The van der Waals surface area contributed by atoms with Crippen LogP contribution in [0, 0.1) is 5.92 Å². The van der Waals surface area contributed by atoms with E-state index >= 15 is 0 Å². The molecular weight excluding hydrogens is 272 g/mol. The van der Waals surface area contributed by atoms with Crippen molar-refractivity contribution in [2.75, 3.05) is 33.0 Å². The third-order valence-corrected chi connectivity index (χ3v) is 3.73. The number of carbonyl (C=O) groups is 2. The van der Waals surface area contributed by atoms with Crippen LogP contribution in [-0.2, 0) is 9.53 Å². The maximum absolute atomic E-state index is 12.5. The zero-order chi connectivity index (χ0) is 15.4. The number of nitrogens with zero attached hydrogens (tertiary/aromatic N) is 1. The van der Waals surface area contributed by atoms with E-state index in [0.717, 1.165) is 0 Å². The number of hydrogen-bond donors (Lipinski definition) is 1. The van der Waals surface area contributed by atoms with Gasteiger partial charge >= 0.3 is 5.97 Å². The van der Waals surface area contributed by atoms with Crippen LogP contribution in [0.2, 0.25) is 0 Å². The Bertz CT molecular complexity index is 536. The van der Waals surface area contributed by atoms with E-state index in [1.54, 1.807) is 23.1 Å². The summed E-state index contributed by atoms with van der Waals surface area (Å²) in [5.74, 6) is 0.147. The summed E-state index contributed by atoms with van der Waals surface area (Å²) in [4.78, 5) is 25.7. The van der Waals surface area contributed by atoms with Crippen LogP contribution in [0.3, 0.4) is 0 Å². The first-order valence-corrected chi connectivity index (χ1v) is 6.86. The second-order valence-electron chi connectivity index (χ2n) is 5.08. The highest BCUT2D eigenvalue weighted by Gasteiger charge is 2.28. The van der Waals surface area contributed by atoms with Crippen LogP contribution in [0.15, 0.2) is 18.2 Å². The van der Waals surface area contributed by atoms with Gasteiger partial charge in [-0.2, -0.15) is 0 Å². The van der Waals surface area contributed by atoms with Gasteiger partial charge in [0.15, 0.2) is 0 Å². The molecule has 6 heteroatoms. The Morgan fingerprint density at radius 3 is 2.43 bits per heavy atom. The number of ether oxygens (including phenoxy) is 2. The van der Waals surface area contributed by atoms with E-state index in [2.05, 4.69) is 0 Å². The molecule has 0 bridgehead atoms. The summed E-state index contributed by atoms with van der Waals surface area (Å²) >= 11 is 0. The Labute approximate surface area is 123 Å². The molecule has 1 fully saturated rings. The SMILES string of the molecule is COC(=O)C1CCN(C(=O)c2cc(N)cc(OC)c2)CC1. The van der Waals surface area contributed by atoms with Gasteiger partial charge in [-0.3, -0.25) is 9.59 Å². The van der Waals surface area contributed by atoms with Crippen molar-refractivity contribution >= 4 is 17.6 Å². The van der Waals surface area contributed by atoms with E-state index in [1.165, 1.54) is 14.2 Å². The Hall–Kier alpha value is -2.24. The number of amides is 1. The van der Waals surface area contributed by atoms with Crippen molar-refractivity contribution in [3.05, 3.63) is 23.8 Å². The smallest absolute Gasteiger partial charge is 0.308 e. The first-order chi connectivity index (χ1) is 10.0. The van der Waals surface area contributed by atoms with Crippen molar-refractivity contribution in [1.29, 1.82) is 0 Å². The van der Waals surface area contributed by atoms with Crippen LogP contribution in [-0.4, -0.2) is 44.1 Å². The van der Waals surface area contributed by atoms with Gasteiger partial charge in [-0.15, -0.1) is 0 Å². The third kappa shape index (κ3) is 3.45. The van der Waals surface area contributed by atoms with Crippen molar-refractivity contribution in [2.24, 2.45) is 5.92 Å². The first kappa shape index (κ1) is 15.2. The van der Waals surface area contributed by atoms with Gasteiger partial charge in [0.2, 0.25) is 0 Å². The summed E-state index contributed by atoms with van der Waals surface area (Å²) in [5, 5.41) is 0. The predicted octanol–water partition coefficient (Wildman–Crippen LogP) is 1.30. The van der Waals surface area contributed by atoms with Crippen LogP contribution in [0.25, 0.3) is 0 Å². The number of hydrogen-bond acceptors (Lipinski definition) is 5. The molecular formula is C15H20N2O4. The number of esters is 1. The van der Waals surface area contributed by atoms with Crippen molar-refractivity contribution < 1.29 is 19.1 Å². The summed E-state index contributed by atoms with van der Waals surface area (Å²) in [5.41, 5.74) is 6.76. The van der Waals surface area contributed by atoms with Gasteiger partial charge in [0.25, 0.3) is 5.91 Å². The summed E-state index contributed by atoms with van der Waals surface area (Å²) in [6, 6.07) is 4.97. The molecule has 0 atom stereocenters. The highest BCUT2D eigenvalue weighted by Crippen LogP contribution is 2.23. The highest BCUT2D eigenvalue weighted by atomic mass is 16.5. The van der Waals surface area contributed by atoms with E-state index in [1.807, 2.05) is 0 Å². The molecule has 1 aliphatic rings. The van der Waals surface area contributed by atoms with E-state index in [9.17, 15) is 9.59 Å². The van der Waals surface area contributed by atoms with Gasteiger partial charge in [-0.25, -0.2) is 0 Å². The number of piperidine rings is 1. The fourth-order valence-electron chi connectivity index (χ4n) is 2.53. The summed E-state index contributed by atoms with van der Waals surface area (Å²) in [6.45, 7) is 1.07. The van der Waals surface area contributed by atoms with Crippen LogP contribution in [0.1, 0.15) is 23.2 Å². The molecule has 1 heterocycles. The maximum atomic E-state index is 12.5. The molecule has 2 rings (SSSR count). The number of nitrogen functional groups attached to an aromatic ring is 1. The average molecular weight is 292 g/mol. The van der Waals surface area contributed by atoms with Gasteiger partial charge in [0.05, 0.1) is 20.1 Å². The summed E-state index contributed by atoms with van der Waals surface area (Å²) in [6.07, 6.45) is 1.25. The molecule has 0 saturated carbocycles. The average Bonchev–Trinajstić information content (AvgIpc) is 2.52. The molecule has 1 amide bonds. The molecule has 0 spiro atoms. The second-order valence-corrected chi connectivity index (χ2v) is 5.08. The van der Waals surface area contributed by atoms with Crippen molar-refractivity contribution in [1.82, 2.24) is 4.90 Å². The lowest BCUT2D eigenvalue weighted by molar-refractivity contribution is -0.146. The fourth-order valence-corrected chi connectivity index (χ4v) is 2.53. The number of benzene rings is 1. The number of anilines is 1. The second kappa shape index (κ2) is 6.47. The molecule has 1 aromatic rings. The van der Waals surface area contributed by atoms with Gasteiger partial charge in [-0.1, -0.05) is 0 Å². The molecule has 0 unspecified atom stereocenters. The van der Waals surface area contributed by atoms with Crippen molar-refractivity contribution in [2.45, 2.75) is 12.8 Å². The van der Waals surface area contributed by atoms with E-state index in [4.69, 9.17) is 15.2 Å². The minimum atomic E-state index is -0.201. The zero-order valence-corrected chi connectivity index (χ0v) is 12.3. The fraction of sp³-hybridized carbons (Fsp3) is 0.467. The van der Waals surface area contributed by atoms with Crippen LogP contribution < -0.4 is 10.5 Å². The van der Waals surface area contributed by atoms with Crippen molar-refractivity contribution in [3.8, 4) is 5.75 Å². The predicted molar refractivity (Wildman–Crippen MR) is 78.0 cm³/mol. The van der Waals surface area contributed by atoms with Crippen LogP contribution in [0.4, 0.5) is 5.69 Å². The number of likely N-dealkylation sites (tertiary alicyclic amines) is 1. The van der Waals surface area contributed by atoms with Gasteiger partial charge < -0.3 is 20.1 Å². The minimum absolute atomic E-state index is 0.0936. The molecule has 21 heavy (non-hydrogen) atoms. The quantitative estimate of drug-likeness (QED) is 0.671. The van der Waals surface area contributed by atoms with Crippen LogP contribution >= 0.6 is 0 Å². The molecule has 0 aliphatic carbocycles. The Kier molecular flexibility index (Phi) is 4.67. The number of nitrogens with two attached hydrogens (primary N) is 1.